The molecule has 0 saturated heterocycles. The Labute approximate surface area is 128 Å². The number of fused-ring (bicyclic) bond motifs is 1. The molecule has 21 heavy (non-hydrogen) atoms. The van der Waals surface area contributed by atoms with E-state index in [9.17, 15) is 0 Å². The van der Waals surface area contributed by atoms with E-state index in [0.717, 1.165) is 23.4 Å². The third-order valence-corrected chi connectivity index (χ3v) is 4.77. The highest BCUT2D eigenvalue weighted by atomic mass is 32.1. The van der Waals surface area contributed by atoms with Crippen LogP contribution in [0.4, 0.5) is 0 Å². The number of thiazole rings is 1. The quantitative estimate of drug-likeness (QED) is 0.559. The molecule has 2 aromatic carbocycles. The first kappa shape index (κ1) is 14.2. The van der Waals surface area contributed by atoms with Gasteiger partial charge in [0.05, 0.1) is 21.3 Å². The molecule has 0 saturated carbocycles. The van der Waals surface area contributed by atoms with Gasteiger partial charge in [0.1, 0.15) is 0 Å². The van der Waals surface area contributed by atoms with E-state index in [1.165, 1.54) is 15.8 Å². The summed E-state index contributed by atoms with van der Waals surface area (Å²) in [6.07, 6.45) is 1.86. The van der Waals surface area contributed by atoms with Crippen molar-refractivity contribution in [1.82, 2.24) is 10.4 Å². The van der Waals surface area contributed by atoms with Crippen LogP contribution >= 0.6 is 11.3 Å². The van der Waals surface area contributed by atoms with Crippen LogP contribution in [0.5, 0.6) is 0 Å². The second-order valence-corrected chi connectivity index (χ2v) is 6.21. The first-order valence-corrected chi connectivity index (χ1v) is 8.01. The average Bonchev–Trinajstić information content (AvgIpc) is 2.95. The van der Waals surface area contributed by atoms with E-state index in [1.807, 2.05) is 12.1 Å². The topological polar surface area (TPSA) is 50.9 Å². The second kappa shape index (κ2) is 6.35. The summed E-state index contributed by atoms with van der Waals surface area (Å²) in [6, 6.07) is 17.0. The van der Waals surface area contributed by atoms with Gasteiger partial charge >= 0.3 is 0 Å². The molecule has 0 spiro atoms. The minimum Gasteiger partial charge on any atom is -0.271 e. The van der Waals surface area contributed by atoms with Gasteiger partial charge in [0.2, 0.25) is 0 Å². The highest BCUT2D eigenvalue weighted by Gasteiger charge is 2.13. The highest BCUT2D eigenvalue weighted by molar-refractivity contribution is 7.18. The largest absolute Gasteiger partial charge is 0.271 e. The highest BCUT2D eigenvalue weighted by Crippen LogP contribution is 2.26. The van der Waals surface area contributed by atoms with Gasteiger partial charge in [0, 0.05) is 6.42 Å². The number of aryl methyl sites for hydroxylation is 1. The number of benzene rings is 2. The minimum absolute atomic E-state index is 0.0940. The van der Waals surface area contributed by atoms with E-state index < -0.39 is 0 Å². The first-order chi connectivity index (χ1) is 10.3. The van der Waals surface area contributed by atoms with Crippen LogP contribution in [0.15, 0.2) is 48.5 Å². The summed E-state index contributed by atoms with van der Waals surface area (Å²) in [5.41, 5.74) is 6.52. The molecule has 0 bridgehead atoms. The molecule has 1 unspecified atom stereocenters. The maximum absolute atomic E-state index is 5.74. The summed E-state index contributed by atoms with van der Waals surface area (Å²) in [5, 5.41) is 1.11. The lowest BCUT2D eigenvalue weighted by Crippen LogP contribution is -2.29. The average molecular weight is 297 g/mol. The number of nitrogens with two attached hydrogens (primary N) is 1. The maximum atomic E-state index is 5.74. The molecule has 1 atom stereocenters. The number of hydrazine groups is 1. The molecule has 3 rings (SSSR count). The molecule has 3 N–H and O–H groups in total. The van der Waals surface area contributed by atoms with Crippen molar-refractivity contribution in [3.05, 3.63) is 64.7 Å². The molecule has 1 heterocycles. The Hall–Kier alpha value is -1.75. The fourth-order valence-electron chi connectivity index (χ4n) is 2.44. The molecular formula is C17H19N3S. The lowest BCUT2D eigenvalue weighted by Gasteiger charge is -2.15. The molecule has 0 fully saturated rings. The summed E-state index contributed by atoms with van der Waals surface area (Å²) in [7, 11) is 0. The number of hydrogen-bond acceptors (Lipinski definition) is 4. The van der Waals surface area contributed by atoms with Gasteiger partial charge in [-0.3, -0.25) is 11.3 Å². The zero-order valence-electron chi connectivity index (χ0n) is 12.0. The van der Waals surface area contributed by atoms with Gasteiger partial charge in [-0.25, -0.2) is 4.98 Å². The predicted octanol–water partition coefficient (Wildman–Crippen LogP) is 3.61. The summed E-state index contributed by atoms with van der Waals surface area (Å²) in [4.78, 5) is 4.68. The monoisotopic (exact) mass is 297 g/mol. The number of hydrogen-bond donors (Lipinski definition) is 2. The Balaban J connectivity index is 1.82. The number of nitrogens with one attached hydrogen (secondary N) is 1. The smallest absolute Gasteiger partial charge is 0.0958 e. The molecule has 0 aliphatic heterocycles. The van der Waals surface area contributed by atoms with Crippen LogP contribution in [0.25, 0.3) is 10.2 Å². The zero-order chi connectivity index (χ0) is 14.7. The molecule has 0 radical (unpaired) electrons. The lowest BCUT2D eigenvalue weighted by atomic mass is 10.0. The normalized spacial score (nSPS) is 12.7. The molecule has 0 amide bonds. The Morgan fingerprint density at radius 3 is 2.57 bits per heavy atom. The van der Waals surface area contributed by atoms with Crippen LogP contribution in [-0.2, 0) is 12.8 Å². The fraction of sp³-hybridized carbons (Fsp3) is 0.235. The Kier molecular flexibility index (Phi) is 4.29. The van der Waals surface area contributed by atoms with E-state index in [2.05, 4.69) is 53.7 Å². The number of rotatable bonds is 5. The van der Waals surface area contributed by atoms with Crippen LogP contribution in [0, 0.1) is 0 Å². The van der Waals surface area contributed by atoms with E-state index in [-0.39, 0.29) is 6.04 Å². The van der Waals surface area contributed by atoms with Gasteiger partial charge in [-0.15, -0.1) is 11.3 Å². The van der Waals surface area contributed by atoms with Crippen LogP contribution < -0.4 is 11.3 Å². The second-order valence-electron chi connectivity index (χ2n) is 5.09. The van der Waals surface area contributed by atoms with Crippen LogP contribution in [-0.4, -0.2) is 4.98 Å². The first-order valence-electron chi connectivity index (χ1n) is 7.19. The van der Waals surface area contributed by atoms with Gasteiger partial charge in [-0.2, -0.15) is 0 Å². The van der Waals surface area contributed by atoms with Gasteiger partial charge < -0.3 is 0 Å². The standard InChI is InChI=1S/C17H19N3S/c1-2-12-7-9-13(10-8-12)15(20-18)11-17-19-14-5-3-4-6-16(14)21-17/h3-10,15,20H,2,11,18H2,1H3. The molecule has 0 aliphatic carbocycles. The van der Waals surface area contributed by atoms with Gasteiger partial charge in [0.15, 0.2) is 0 Å². The molecule has 3 nitrogen and oxygen atoms in total. The molecule has 1 aromatic heterocycles. The lowest BCUT2D eigenvalue weighted by molar-refractivity contribution is 0.551. The van der Waals surface area contributed by atoms with Crippen molar-refractivity contribution in [2.75, 3.05) is 0 Å². The van der Waals surface area contributed by atoms with Crippen molar-refractivity contribution in [3.63, 3.8) is 0 Å². The zero-order valence-corrected chi connectivity index (χ0v) is 12.9. The molecular weight excluding hydrogens is 278 g/mol. The minimum atomic E-state index is 0.0940. The van der Waals surface area contributed by atoms with Gasteiger partial charge in [-0.1, -0.05) is 43.3 Å². The molecule has 4 heteroatoms. The maximum Gasteiger partial charge on any atom is 0.0958 e. The van der Waals surface area contributed by atoms with Crippen molar-refractivity contribution < 1.29 is 0 Å². The van der Waals surface area contributed by atoms with Crippen molar-refractivity contribution in [2.45, 2.75) is 25.8 Å². The Morgan fingerprint density at radius 1 is 1.14 bits per heavy atom. The summed E-state index contributed by atoms with van der Waals surface area (Å²) in [6.45, 7) is 2.16. The van der Waals surface area contributed by atoms with Crippen molar-refractivity contribution in [3.8, 4) is 0 Å². The molecule has 0 aliphatic rings. The third-order valence-electron chi connectivity index (χ3n) is 3.71. The van der Waals surface area contributed by atoms with Gasteiger partial charge in [0.25, 0.3) is 0 Å². The SMILES string of the molecule is CCc1ccc(C(Cc2nc3ccccc3s2)NN)cc1. The van der Waals surface area contributed by atoms with E-state index in [4.69, 9.17) is 5.84 Å². The van der Waals surface area contributed by atoms with E-state index in [0.29, 0.717) is 0 Å². The fourth-order valence-corrected chi connectivity index (χ4v) is 3.45. The third kappa shape index (κ3) is 3.13. The van der Waals surface area contributed by atoms with Crippen LogP contribution in [0.2, 0.25) is 0 Å². The Morgan fingerprint density at radius 2 is 1.90 bits per heavy atom. The van der Waals surface area contributed by atoms with E-state index >= 15 is 0 Å². The summed E-state index contributed by atoms with van der Waals surface area (Å²) in [5.74, 6) is 5.74. The van der Waals surface area contributed by atoms with E-state index in [1.54, 1.807) is 11.3 Å². The number of nitrogens with zero attached hydrogens (tertiary/aromatic N) is 1. The van der Waals surface area contributed by atoms with Crippen LogP contribution in [0.3, 0.4) is 0 Å². The predicted molar refractivity (Wildman–Crippen MR) is 89.2 cm³/mol. The number of aromatic nitrogens is 1. The van der Waals surface area contributed by atoms with Gasteiger partial charge in [-0.05, 0) is 29.7 Å². The summed E-state index contributed by atoms with van der Waals surface area (Å²) < 4.78 is 1.23. The van der Waals surface area contributed by atoms with Crippen molar-refractivity contribution in [2.24, 2.45) is 5.84 Å². The molecule has 108 valence electrons. The summed E-state index contributed by atoms with van der Waals surface area (Å²) >= 11 is 1.74. The Bertz CT molecular complexity index is 685. The van der Waals surface area contributed by atoms with Crippen LogP contribution in [0.1, 0.15) is 29.1 Å². The molecule has 3 aromatic rings. The van der Waals surface area contributed by atoms with Crippen molar-refractivity contribution >= 4 is 21.6 Å². The van der Waals surface area contributed by atoms with Crippen molar-refractivity contribution in [1.29, 1.82) is 0 Å². The number of para-hydroxylation sites is 1.